The smallest absolute Gasteiger partial charge is 0.257 e. The van der Waals surface area contributed by atoms with Gasteiger partial charge in [0.1, 0.15) is 0 Å². The van der Waals surface area contributed by atoms with Crippen LogP contribution in [0.3, 0.4) is 0 Å². The van der Waals surface area contributed by atoms with Gasteiger partial charge < -0.3 is 14.6 Å². The maximum Gasteiger partial charge on any atom is 0.257 e. The van der Waals surface area contributed by atoms with Crippen molar-refractivity contribution in [3.63, 3.8) is 0 Å². The van der Waals surface area contributed by atoms with Crippen molar-refractivity contribution < 1.29 is 9.53 Å². The normalized spacial score (nSPS) is 25.3. The number of fused-ring (bicyclic) bond motifs is 4. The molecule has 1 saturated heterocycles. The van der Waals surface area contributed by atoms with Crippen LogP contribution in [0.1, 0.15) is 28.4 Å². The Balaban J connectivity index is 1.53. The molecule has 120 valence electrons. The summed E-state index contributed by atoms with van der Waals surface area (Å²) in [6.45, 7) is 2.57. The van der Waals surface area contributed by atoms with Crippen molar-refractivity contribution in [1.29, 1.82) is 0 Å². The van der Waals surface area contributed by atoms with Crippen molar-refractivity contribution in [1.82, 2.24) is 9.88 Å². The number of ether oxygens (including phenoxy) is 1. The summed E-state index contributed by atoms with van der Waals surface area (Å²) in [5.74, 6) is 0.0791. The monoisotopic (exact) mass is 318 g/mol. The molecule has 24 heavy (non-hydrogen) atoms. The molecule has 1 amide bonds. The van der Waals surface area contributed by atoms with Gasteiger partial charge >= 0.3 is 0 Å². The van der Waals surface area contributed by atoms with Crippen LogP contribution in [0.25, 0.3) is 10.9 Å². The van der Waals surface area contributed by atoms with Crippen LogP contribution in [-0.4, -0.2) is 28.4 Å². The Labute approximate surface area is 140 Å². The van der Waals surface area contributed by atoms with Gasteiger partial charge in [-0.25, -0.2) is 0 Å². The first-order valence-electron chi connectivity index (χ1n) is 8.30. The molecule has 0 bridgehead atoms. The molecule has 2 aliphatic rings. The van der Waals surface area contributed by atoms with Crippen molar-refractivity contribution in [3.8, 4) is 0 Å². The summed E-state index contributed by atoms with van der Waals surface area (Å²) in [7, 11) is 0. The second-order valence-electron chi connectivity index (χ2n) is 6.73. The number of carbonyl (C=O) groups excluding carboxylic acids is 1. The SMILES string of the molecule is CC12OCC(Cc3c[nH]c4ccccc34)N1C(=O)c1ccccc12. The molecular weight excluding hydrogens is 300 g/mol. The van der Waals surface area contributed by atoms with Crippen molar-refractivity contribution in [2.24, 2.45) is 0 Å². The molecule has 1 aromatic heterocycles. The van der Waals surface area contributed by atoms with Gasteiger partial charge in [-0.05, 0) is 31.0 Å². The third-order valence-corrected chi connectivity index (χ3v) is 5.39. The number of aromatic nitrogens is 1. The van der Waals surface area contributed by atoms with Crippen molar-refractivity contribution in [3.05, 3.63) is 71.4 Å². The van der Waals surface area contributed by atoms with E-state index in [0.717, 1.165) is 23.1 Å². The summed E-state index contributed by atoms with van der Waals surface area (Å²) in [6.07, 6.45) is 2.84. The lowest BCUT2D eigenvalue weighted by molar-refractivity contribution is -0.0510. The van der Waals surface area contributed by atoms with E-state index in [2.05, 4.69) is 17.1 Å². The van der Waals surface area contributed by atoms with Crippen molar-refractivity contribution in [2.75, 3.05) is 6.61 Å². The number of aromatic amines is 1. The minimum Gasteiger partial charge on any atom is -0.361 e. The van der Waals surface area contributed by atoms with E-state index in [4.69, 9.17) is 4.74 Å². The third-order valence-electron chi connectivity index (χ3n) is 5.39. The van der Waals surface area contributed by atoms with Gasteiger partial charge in [0.25, 0.3) is 5.91 Å². The van der Waals surface area contributed by atoms with Crippen LogP contribution in [-0.2, 0) is 16.9 Å². The maximum atomic E-state index is 12.9. The summed E-state index contributed by atoms with van der Waals surface area (Å²) >= 11 is 0. The van der Waals surface area contributed by atoms with E-state index in [0.29, 0.717) is 6.61 Å². The number of hydrogen-bond acceptors (Lipinski definition) is 2. The second kappa shape index (κ2) is 4.71. The molecule has 2 atom stereocenters. The van der Waals surface area contributed by atoms with E-state index in [1.165, 1.54) is 10.9 Å². The molecule has 0 saturated carbocycles. The van der Waals surface area contributed by atoms with Crippen LogP contribution >= 0.6 is 0 Å². The Morgan fingerprint density at radius 2 is 2.00 bits per heavy atom. The summed E-state index contributed by atoms with van der Waals surface area (Å²) in [5, 5.41) is 1.22. The predicted molar refractivity (Wildman–Crippen MR) is 91.7 cm³/mol. The first-order chi connectivity index (χ1) is 11.7. The quantitative estimate of drug-likeness (QED) is 0.787. The van der Waals surface area contributed by atoms with Crippen molar-refractivity contribution in [2.45, 2.75) is 25.1 Å². The number of amides is 1. The average molecular weight is 318 g/mol. The van der Waals surface area contributed by atoms with Crippen LogP contribution in [0.2, 0.25) is 0 Å². The van der Waals surface area contributed by atoms with Crippen LogP contribution in [0.4, 0.5) is 0 Å². The fourth-order valence-corrected chi connectivity index (χ4v) is 4.23. The largest absolute Gasteiger partial charge is 0.361 e. The number of para-hydroxylation sites is 1. The Bertz CT molecular complexity index is 961. The highest BCUT2D eigenvalue weighted by atomic mass is 16.5. The molecule has 0 aliphatic carbocycles. The van der Waals surface area contributed by atoms with E-state index in [-0.39, 0.29) is 11.9 Å². The standard InChI is InChI=1S/C20H18N2O2/c1-20-17-8-4-2-7-16(17)19(23)22(20)14(12-24-20)10-13-11-21-18-9-5-3-6-15(13)18/h2-9,11,14,21H,10,12H2,1H3. The Hall–Kier alpha value is -2.59. The van der Waals surface area contributed by atoms with Crippen molar-refractivity contribution >= 4 is 16.8 Å². The predicted octanol–water partition coefficient (Wildman–Crippen LogP) is 3.44. The molecule has 5 rings (SSSR count). The molecular formula is C20H18N2O2. The molecule has 0 radical (unpaired) electrons. The van der Waals surface area contributed by atoms with Gasteiger partial charge in [0.15, 0.2) is 5.72 Å². The van der Waals surface area contributed by atoms with Gasteiger partial charge in [-0.1, -0.05) is 36.4 Å². The van der Waals surface area contributed by atoms with Crippen LogP contribution in [0, 0.1) is 0 Å². The molecule has 2 aliphatic heterocycles. The van der Waals surface area contributed by atoms with Gasteiger partial charge in [-0.3, -0.25) is 4.79 Å². The average Bonchev–Trinajstić information content (AvgIpc) is 3.23. The molecule has 4 heteroatoms. The lowest BCUT2D eigenvalue weighted by Crippen LogP contribution is -2.42. The lowest BCUT2D eigenvalue weighted by atomic mass is 10.0. The van der Waals surface area contributed by atoms with E-state index in [9.17, 15) is 4.79 Å². The maximum absolute atomic E-state index is 12.9. The molecule has 3 aromatic rings. The van der Waals surface area contributed by atoms with E-state index >= 15 is 0 Å². The highest BCUT2D eigenvalue weighted by Crippen LogP contribution is 2.45. The zero-order valence-electron chi connectivity index (χ0n) is 13.5. The molecule has 0 spiro atoms. The molecule has 4 nitrogen and oxygen atoms in total. The van der Waals surface area contributed by atoms with Gasteiger partial charge in [0, 0.05) is 28.2 Å². The van der Waals surface area contributed by atoms with Crippen LogP contribution < -0.4 is 0 Å². The zero-order chi connectivity index (χ0) is 16.3. The summed E-state index contributed by atoms with van der Waals surface area (Å²) in [4.78, 5) is 18.2. The minimum atomic E-state index is -0.634. The van der Waals surface area contributed by atoms with Crippen LogP contribution in [0.5, 0.6) is 0 Å². The van der Waals surface area contributed by atoms with Crippen LogP contribution in [0.15, 0.2) is 54.7 Å². The minimum absolute atomic E-state index is 0.0501. The fourth-order valence-electron chi connectivity index (χ4n) is 4.23. The first-order valence-corrected chi connectivity index (χ1v) is 8.30. The second-order valence-corrected chi connectivity index (χ2v) is 6.73. The van der Waals surface area contributed by atoms with Gasteiger partial charge in [-0.15, -0.1) is 0 Å². The summed E-state index contributed by atoms with van der Waals surface area (Å²) in [6, 6.07) is 16.1. The highest BCUT2D eigenvalue weighted by Gasteiger charge is 2.54. The Morgan fingerprint density at radius 3 is 2.92 bits per heavy atom. The first kappa shape index (κ1) is 13.8. The van der Waals surface area contributed by atoms with E-state index in [1.807, 2.05) is 54.4 Å². The molecule has 1 N–H and O–H groups in total. The number of rotatable bonds is 2. The van der Waals surface area contributed by atoms with Gasteiger partial charge in [-0.2, -0.15) is 0 Å². The Morgan fingerprint density at radius 1 is 1.21 bits per heavy atom. The number of nitrogens with one attached hydrogen (secondary N) is 1. The fraction of sp³-hybridized carbons (Fsp3) is 0.250. The zero-order valence-corrected chi connectivity index (χ0v) is 13.5. The molecule has 3 heterocycles. The van der Waals surface area contributed by atoms with Gasteiger partial charge in [0.05, 0.1) is 12.6 Å². The third kappa shape index (κ3) is 1.69. The molecule has 1 fully saturated rings. The number of benzene rings is 2. The number of H-pyrrole nitrogens is 1. The summed E-state index contributed by atoms with van der Waals surface area (Å²) < 4.78 is 6.13. The van der Waals surface area contributed by atoms with E-state index in [1.54, 1.807) is 0 Å². The Kier molecular flexibility index (Phi) is 2.71. The molecule has 2 unspecified atom stereocenters. The van der Waals surface area contributed by atoms with Gasteiger partial charge in [0.2, 0.25) is 0 Å². The number of carbonyl (C=O) groups is 1. The topological polar surface area (TPSA) is 45.3 Å². The summed E-state index contributed by atoms with van der Waals surface area (Å²) in [5.41, 5.74) is 3.47. The lowest BCUT2D eigenvalue weighted by Gasteiger charge is -2.30. The highest BCUT2D eigenvalue weighted by molar-refractivity contribution is 6.00. The number of hydrogen-bond donors (Lipinski definition) is 1. The van der Waals surface area contributed by atoms with E-state index < -0.39 is 5.72 Å². The number of nitrogens with zero attached hydrogens (tertiary/aromatic N) is 1. The molecule has 2 aromatic carbocycles.